The van der Waals surface area contributed by atoms with Gasteiger partial charge in [0.25, 0.3) is 0 Å². The van der Waals surface area contributed by atoms with Gasteiger partial charge in [-0.05, 0) is 33.1 Å². The zero-order chi connectivity index (χ0) is 15.3. The molecular weight excluding hydrogens is 266 g/mol. The summed E-state index contributed by atoms with van der Waals surface area (Å²) in [6.07, 6.45) is 6.60. The Balaban J connectivity index is 1.64. The molecule has 2 fully saturated rings. The summed E-state index contributed by atoms with van der Waals surface area (Å²) >= 11 is 0. The van der Waals surface area contributed by atoms with Crippen molar-refractivity contribution in [1.29, 1.82) is 0 Å². The number of rotatable bonds is 5. The van der Waals surface area contributed by atoms with E-state index in [4.69, 9.17) is 10.5 Å². The highest BCUT2D eigenvalue weighted by Gasteiger charge is 2.34. The van der Waals surface area contributed by atoms with Gasteiger partial charge in [-0.1, -0.05) is 19.3 Å². The molecule has 2 rings (SSSR count). The molecule has 5 heteroatoms. The SMILES string of the molecule is CC1CN(CCCNC(=O)C2(N)CCCCC2)CC(C)O1. The van der Waals surface area contributed by atoms with E-state index in [1.54, 1.807) is 0 Å². The molecule has 0 bridgehead atoms. The molecule has 122 valence electrons. The van der Waals surface area contributed by atoms with Gasteiger partial charge in [0.15, 0.2) is 0 Å². The van der Waals surface area contributed by atoms with E-state index in [0.717, 1.165) is 58.3 Å². The maximum absolute atomic E-state index is 12.2. The predicted molar refractivity (Wildman–Crippen MR) is 84.1 cm³/mol. The molecule has 0 spiro atoms. The van der Waals surface area contributed by atoms with Gasteiger partial charge >= 0.3 is 0 Å². The Morgan fingerprint density at radius 1 is 1.24 bits per heavy atom. The first kappa shape index (κ1) is 16.7. The lowest BCUT2D eigenvalue weighted by atomic mass is 9.82. The Kier molecular flexibility index (Phi) is 6.02. The van der Waals surface area contributed by atoms with Gasteiger partial charge in [-0.2, -0.15) is 0 Å². The van der Waals surface area contributed by atoms with E-state index in [1.165, 1.54) is 6.42 Å². The van der Waals surface area contributed by atoms with Gasteiger partial charge in [-0.3, -0.25) is 9.69 Å². The van der Waals surface area contributed by atoms with Gasteiger partial charge in [0.05, 0.1) is 17.7 Å². The van der Waals surface area contributed by atoms with E-state index in [0.29, 0.717) is 12.2 Å². The summed E-state index contributed by atoms with van der Waals surface area (Å²) in [4.78, 5) is 14.6. The number of ether oxygens (including phenoxy) is 1. The zero-order valence-corrected chi connectivity index (χ0v) is 13.6. The summed E-state index contributed by atoms with van der Waals surface area (Å²) in [7, 11) is 0. The molecule has 1 aliphatic heterocycles. The first-order chi connectivity index (χ1) is 9.99. The second-order valence-electron chi connectivity index (χ2n) is 6.84. The molecule has 2 unspecified atom stereocenters. The van der Waals surface area contributed by atoms with Crippen molar-refractivity contribution >= 4 is 5.91 Å². The number of morpholine rings is 1. The van der Waals surface area contributed by atoms with Crippen LogP contribution in [-0.4, -0.2) is 54.7 Å². The lowest BCUT2D eigenvalue weighted by Crippen LogP contribution is -2.55. The van der Waals surface area contributed by atoms with Gasteiger partial charge < -0.3 is 15.8 Å². The average Bonchev–Trinajstić information content (AvgIpc) is 2.43. The molecule has 0 aromatic rings. The lowest BCUT2D eigenvalue weighted by Gasteiger charge is -2.35. The molecule has 1 saturated heterocycles. The monoisotopic (exact) mass is 297 g/mol. The molecule has 21 heavy (non-hydrogen) atoms. The number of carbonyl (C=O) groups excluding carboxylic acids is 1. The van der Waals surface area contributed by atoms with Crippen molar-refractivity contribution < 1.29 is 9.53 Å². The third-order valence-electron chi connectivity index (χ3n) is 4.63. The van der Waals surface area contributed by atoms with E-state index < -0.39 is 5.54 Å². The molecule has 0 aromatic carbocycles. The third-order valence-corrected chi connectivity index (χ3v) is 4.63. The second-order valence-corrected chi connectivity index (χ2v) is 6.84. The van der Waals surface area contributed by atoms with E-state index in [9.17, 15) is 4.79 Å². The van der Waals surface area contributed by atoms with Crippen LogP contribution in [0.3, 0.4) is 0 Å². The Hall–Kier alpha value is -0.650. The van der Waals surface area contributed by atoms with Crippen LogP contribution in [0.5, 0.6) is 0 Å². The van der Waals surface area contributed by atoms with E-state index in [-0.39, 0.29) is 5.91 Å². The minimum Gasteiger partial charge on any atom is -0.373 e. The van der Waals surface area contributed by atoms with Crippen molar-refractivity contribution in [3.05, 3.63) is 0 Å². The normalized spacial score (nSPS) is 30.0. The quantitative estimate of drug-likeness (QED) is 0.750. The number of nitrogens with one attached hydrogen (secondary N) is 1. The van der Waals surface area contributed by atoms with Gasteiger partial charge in [-0.15, -0.1) is 0 Å². The van der Waals surface area contributed by atoms with Crippen molar-refractivity contribution in [2.75, 3.05) is 26.2 Å². The maximum atomic E-state index is 12.2. The highest BCUT2D eigenvalue weighted by Crippen LogP contribution is 2.25. The summed E-state index contributed by atoms with van der Waals surface area (Å²) in [6.45, 7) is 7.93. The molecule has 1 heterocycles. The molecule has 5 nitrogen and oxygen atoms in total. The van der Waals surface area contributed by atoms with Crippen LogP contribution in [0.1, 0.15) is 52.4 Å². The molecule has 1 amide bonds. The standard InChI is InChI=1S/C16H31N3O2/c1-13-11-19(12-14(2)21-13)10-6-9-18-15(20)16(17)7-4-3-5-8-16/h13-14H,3-12,17H2,1-2H3,(H,18,20). The average molecular weight is 297 g/mol. The summed E-state index contributed by atoms with van der Waals surface area (Å²) in [5.41, 5.74) is 5.61. The van der Waals surface area contributed by atoms with Gasteiger partial charge in [-0.25, -0.2) is 0 Å². The lowest BCUT2D eigenvalue weighted by molar-refractivity contribution is -0.127. The Morgan fingerprint density at radius 3 is 2.48 bits per heavy atom. The first-order valence-corrected chi connectivity index (χ1v) is 8.44. The summed E-state index contributed by atoms with van der Waals surface area (Å²) in [5, 5.41) is 3.03. The number of carbonyl (C=O) groups is 1. The van der Waals surface area contributed by atoms with Crippen LogP contribution < -0.4 is 11.1 Å². The zero-order valence-electron chi connectivity index (χ0n) is 13.6. The van der Waals surface area contributed by atoms with E-state index >= 15 is 0 Å². The number of nitrogens with two attached hydrogens (primary N) is 1. The molecule has 3 N–H and O–H groups in total. The number of amides is 1. The Bertz CT molecular complexity index is 332. The van der Waals surface area contributed by atoms with Crippen molar-refractivity contribution in [3.63, 3.8) is 0 Å². The fraction of sp³-hybridized carbons (Fsp3) is 0.938. The molecule has 2 aliphatic rings. The van der Waals surface area contributed by atoms with Crippen LogP contribution in [-0.2, 0) is 9.53 Å². The van der Waals surface area contributed by atoms with Crippen LogP contribution in [0.15, 0.2) is 0 Å². The van der Waals surface area contributed by atoms with Crippen molar-refractivity contribution in [1.82, 2.24) is 10.2 Å². The topological polar surface area (TPSA) is 67.6 Å². The largest absolute Gasteiger partial charge is 0.373 e. The van der Waals surface area contributed by atoms with Crippen molar-refractivity contribution in [3.8, 4) is 0 Å². The van der Waals surface area contributed by atoms with Crippen LogP contribution >= 0.6 is 0 Å². The van der Waals surface area contributed by atoms with Crippen LogP contribution in [0.4, 0.5) is 0 Å². The minimum absolute atomic E-state index is 0.0471. The van der Waals surface area contributed by atoms with E-state index in [1.807, 2.05) is 0 Å². The summed E-state index contributed by atoms with van der Waals surface area (Å²) in [6, 6.07) is 0. The Morgan fingerprint density at radius 2 is 1.86 bits per heavy atom. The molecule has 1 aliphatic carbocycles. The predicted octanol–water partition coefficient (Wildman–Crippen LogP) is 1.26. The fourth-order valence-corrected chi connectivity index (χ4v) is 3.56. The summed E-state index contributed by atoms with van der Waals surface area (Å²) < 4.78 is 5.73. The first-order valence-electron chi connectivity index (χ1n) is 8.44. The highest BCUT2D eigenvalue weighted by molar-refractivity contribution is 5.86. The van der Waals surface area contributed by atoms with E-state index in [2.05, 4.69) is 24.1 Å². The Labute approximate surface area is 128 Å². The van der Waals surface area contributed by atoms with Gasteiger partial charge in [0, 0.05) is 26.2 Å². The van der Waals surface area contributed by atoms with Gasteiger partial charge in [0.1, 0.15) is 0 Å². The van der Waals surface area contributed by atoms with Crippen LogP contribution in [0.25, 0.3) is 0 Å². The van der Waals surface area contributed by atoms with Crippen LogP contribution in [0.2, 0.25) is 0 Å². The second kappa shape index (κ2) is 7.56. The number of nitrogens with zero attached hydrogens (tertiary/aromatic N) is 1. The van der Waals surface area contributed by atoms with Crippen molar-refractivity contribution in [2.45, 2.75) is 70.1 Å². The smallest absolute Gasteiger partial charge is 0.240 e. The number of hydrogen-bond acceptors (Lipinski definition) is 4. The molecule has 2 atom stereocenters. The maximum Gasteiger partial charge on any atom is 0.240 e. The van der Waals surface area contributed by atoms with Gasteiger partial charge in [0.2, 0.25) is 5.91 Å². The third kappa shape index (κ3) is 4.94. The molecule has 1 saturated carbocycles. The minimum atomic E-state index is -0.611. The summed E-state index contributed by atoms with van der Waals surface area (Å²) in [5.74, 6) is 0.0471. The molecule has 0 radical (unpaired) electrons. The van der Waals surface area contributed by atoms with Crippen LogP contribution in [0, 0.1) is 0 Å². The van der Waals surface area contributed by atoms with Crippen molar-refractivity contribution in [2.24, 2.45) is 5.73 Å². The fourth-order valence-electron chi connectivity index (χ4n) is 3.56. The highest BCUT2D eigenvalue weighted by atomic mass is 16.5. The molecule has 0 aromatic heterocycles. The molecular formula is C16H31N3O2. The number of hydrogen-bond donors (Lipinski definition) is 2.